The summed E-state index contributed by atoms with van der Waals surface area (Å²) in [5.41, 5.74) is 5.01. The summed E-state index contributed by atoms with van der Waals surface area (Å²) < 4.78 is 0. The van der Waals surface area contributed by atoms with Crippen molar-refractivity contribution in [2.75, 3.05) is 17.2 Å². The van der Waals surface area contributed by atoms with E-state index in [4.69, 9.17) is 11.6 Å². The Labute approximate surface area is 118 Å². The number of aryl methyl sites for hydroxylation is 1. The largest absolute Gasteiger partial charge is 0.385 e. The minimum absolute atomic E-state index is 0.764. The fraction of sp³-hybridized carbons (Fsp3) is 0.250. The summed E-state index contributed by atoms with van der Waals surface area (Å²) in [6.45, 7) is 1.86. The summed E-state index contributed by atoms with van der Waals surface area (Å²) in [5, 5.41) is 7.68. The van der Waals surface area contributed by atoms with Gasteiger partial charge in [-0.2, -0.15) is 0 Å². The van der Waals surface area contributed by atoms with Crippen LogP contribution in [-0.4, -0.2) is 6.54 Å². The molecule has 3 rings (SSSR count). The van der Waals surface area contributed by atoms with Gasteiger partial charge in [-0.15, -0.1) is 0 Å². The van der Waals surface area contributed by atoms with Crippen molar-refractivity contribution < 1.29 is 0 Å². The van der Waals surface area contributed by atoms with Crippen molar-refractivity contribution in [2.45, 2.75) is 19.4 Å². The van der Waals surface area contributed by atoms with Crippen LogP contribution in [0, 0.1) is 0 Å². The van der Waals surface area contributed by atoms with Gasteiger partial charge in [0, 0.05) is 18.8 Å². The molecule has 0 amide bonds. The first-order chi connectivity index (χ1) is 9.34. The normalized spacial score (nSPS) is 13.5. The fourth-order valence-electron chi connectivity index (χ4n) is 2.52. The van der Waals surface area contributed by atoms with Crippen LogP contribution in [0.15, 0.2) is 42.5 Å². The van der Waals surface area contributed by atoms with Crippen molar-refractivity contribution in [2.24, 2.45) is 0 Å². The molecule has 0 saturated carbocycles. The lowest BCUT2D eigenvalue weighted by atomic mass is 9.99. The van der Waals surface area contributed by atoms with Crippen LogP contribution in [0.2, 0.25) is 5.02 Å². The molecule has 0 radical (unpaired) electrons. The number of rotatable bonds is 3. The van der Waals surface area contributed by atoms with E-state index < -0.39 is 0 Å². The summed E-state index contributed by atoms with van der Waals surface area (Å²) in [7, 11) is 0. The highest BCUT2D eigenvalue weighted by atomic mass is 35.5. The zero-order valence-electron chi connectivity index (χ0n) is 10.7. The molecule has 2 nitrogen and oxygen atoms in total. The Morgan fingerprint density at radius 2 is 2.00 bits per heavy atom. The van der Waals surface area contributed by atoms with Crippen molar-refractivity contribution in [1.29, 1.82) is 0 Å². The van der Waals surface area contributed by atoms with Crippen LogP contribution in [0.3, 0.4) is 0 Å². The molecule has 0 fully saturated rings. The maximum Gasteiger partial charge on any atom is 0.0637 e. The summed E-state index contributed by atoms with van der Waals surface area (Å²) in [6.07, 6.45) is 2.39. The van der Waals surface area contributed by atoms with Gasteiger partial charge in [0.2, 0.25) is 0 Å². The van der Waals surface area contributed by atoms with Crippen LogP contribution in [0.4, 0.5) is 11.4 Å². The van der Waals surface area contributed by atoms with Gasteiger partial charge in [0.05, 0.1) is 10.7 Å². The highest BCUT2D eigenvalue weighted by Crippen LogP contribution is 2.27. The minimum Gasteiger partial charge on any atom is -0.385 e. The molecular formula is C16H17ClN2. The third-order valence-electron chi connectivity index (χ3n) is 3.50. The van der Waals surface area contributed by atoms with E-state index in [1.54, 1.807) is 0 Å². The second-order valence-corrected chi connectivity index (χ2v) is 5.22. The Morgan fingerprint density at radius 1 is 1.11 bits per heavy atom. The van der Waals surface area contributed by atoms with Crippen LogP contribution < -0.4 is 10.6 Å². The van der Waals surface area contributed by atoms with E-state index in [0.717, 1.165) is 23.8 Å². The molecule has 0 aromatic heterocycles. The van der Waals surface area contributed by atoms with Gasteiger partial charge >= 0.3 is 0 Å². The summed E-state index contributed by atoms with van der Waals surface area (Å²) in [5.74, 6) is 0. The number of halogens is 1. The molecule has 2 aromatic carbocycles. The van der Waals surface area contributed by atoms with E-state index in [1.165, 1.54) is 29.7 Å². The standard InChI is InChI=1S/C16H17ClN2/c17-14-8-1-2-9-15(14)19-11-13-6-3-5-12-7-4-10-18-16(12)13/h1-3,5-6,8-9,18-19H,4,7,10-11H2. The summed E-state index contributed by atoms with van der Waals surface area (Å²) in [4.78, 5) is 0. The van der Waals surface area contributed by atoms with Gasteiger partial charge in [-0.1, -0.05) is 41.9 Å². The van der Waals surface area contributed by atoms with Gasteiger partial charge in [-0.05, 0) is 36.1 Å². The Balaban J connectivity index is 1.79. The SMILES string of the molecule is Clc1ccccc1NCc1cccc2c1NCCC2. The van der Waals surface area contributed by atoms with Crippen molar-refractivity contribution in [3.63, 3.8) is 0 Å². The predicted molar refractivity (Wildman–Crippen MR) is 82.0 cm³/mol. The number of hydrogen-bond donors (Lipinski definition) is 2. The number of nitrogens with one attached hydrogen (secondary N) is 2. The van der Waals surface area contributed by atoms with Crippen LogP contribution in [0.1, 0.15) is 17.5 Å². The second kappa shape index (κ2) is 5.54. The molecule has 1 aliphatic rings. The number of hydrogen-bond acceptors (Lipinski definition) is 2. The Hall–Kier alpha value is -1.67. The van der Waals surface area contributed by atoms with Gasteiger partial charge in [0.15, 0.2) is 0 Å². The van der Waals surface area contributed by atoms with Gasteiger partial charge in [-0.25, -0.2) is 0 Å². The molecule has 0 atom stereocenters. The maximum atomic E-state index is 6.16. The van der Waals surface area contributed by atoms with Crippen LogP contribution in [0.25, 0.3) is 0 Å². The Kier molecular flexibility index (Phi) is 3.60. The third-order valence-corrected chi connectivity index (χ3v) is 3.83. The van der Waals surface area contributed by atoms with Crippen LogP contribution in [-0.2, 0) is 13.0 Å². The van der Waals surface area contributed by atoms with E-state index in [-0.39, 0.29) is 0 Å². The topological polar surface area (TPSA) is 24.1 Å². The zero-order valence-corrected chi connectivity index (χ0v) is 11.5. The molecule has 2 N–H and O–H groups in total. The molecule has 0 bridgehead atoms. The molecule has 19 heavy (non-hydrogen) atoms. The average Bonchev–Trinajstić information content (AvgIpc) is 2.46. The quantitative estimate of drug-likeness (QED) is 0.870. The van der Waals surface area contributed by atoms with E-state index in [2.05, 4.69) is 28.8 Å². The molecule has 0 aliphatic carbocycles. The van der Waals surface area contributed by atoms with Gasteiger partial charge in [-0.3, -0.25) is 0 Å². The van der Waals surface area contributed by atoms with Crippen molar-refractivity contribution in [3.8, 4) is 0 Å². The summed E-state index contributed by atoms with van der Waals surface area (Å²) in [6, 6.07) is 14.4. The molecule has 1 aliphatic heterocycles. The Morgan fingerprint density at radius 3 is 2.89 bits per heavy atom. The van der Waals surface area contributed by atoms with Crippen LogP contribution >= 0.6 is 11.6 Å². The molecule has 0 spiro atoms. The van der Waals surface area contributed by atoms with Crippen LogP contribution in [0.5, 0.6) is 0 Å². The number of para-hydroxylation sites is 2. The van der Waals surface area contributed by atoms with E-state index in [0.29, 0.717) is 0 Å². The van der Waals surface area contributed by atoms with Gasteiger partial charge in [0.25, 0.3) is 0 Å². The van der Waals surface area contributed by atoms with Gasteiger partial charge < -0.3 is 10.6 Å². The lowest BCUT2D eigenvalue weighted by molar-refractivity contribution is 0.825. The Bertz CT molecular complexity index is 581. The highest BCUT2D eigenvalue weighted by Gasteiger charge is 2.12. The minimum atomic E-state index is 0.764. The number of fused-ring (bicyclic) bond motifs is 1. The van der Waals surface area contributed by atoms with Crippen molar-refractivity contribution in [1.82, 2.24) is 0 Å². The number of anilines is 2. The van der Waals surface area contributed by atoms with Crippen molar-refractivity contribution in [3.05, 3.63) is 58.6 Å². The number of benzene rings is 2. The maximum absolute atomic E-state index is 6.16. The smallest absolute Gasteiger partial charge is 0.0637 e. The average molecular weight is 273 g/mol. The lowest BCUT2D eigenvalue weighted by Gasteiger charge is -2.21. The van der Waals surface area contributed by atoms with E-state index in [9.17, 15) is 0 Å². The van der Waals surface area contributed by atoms with Gasteiger partial charge in [0.1, 0.15) is 0 Å². The molecular weight excluding hydrogens is 256 g/mol. The second-order valence-electron chi connectivity index (χ2n) is 4.81. The first-order valence-corrected chi connectivity index (χ1v) is 7.05. The molecule has 98 valence electrons. The first kappa shape index (κ1) is 12.4. The lowest BCUT2D eigenvalue weighted by Crippen LogP contribution is -2.15. The predicted octanol–water partition coefficient (Wildman–Crippen LogP) is 4.31. The first-order valence-electron chi connectivity index (χ1n) is 6.67. The molecule has 3 heteroatoms. The van der Waals surface area contributed by atoms with Crippen molar-refractivity contribution >= 4 is 23.0 Å². The molecule has 1 heterocycles. The molecule has 0 saturated heterocycles. The molecule has 0 unspecified atom stereocenters. The zero-order chi connectivity index (χ0) is 13.1. The highest BCUT2D eigenvalue weighted by molar-refractivity contribution is 6.33. The molecule has 2 aromatic rings. The van der Waals surface area contributed by atoms with E-state index in [1.807, 2.05) is 24.3 Å². The monoisotopic (exact) mass is 272 g/mol. The third kappa shape index (κ3) is 2.69. The fourth-order valence-corrected chi connectivity index (χ4v) is 2.73. The van der Waals surface area contributed by atoms with E-state index >= 15 is 0 Å². The summed E-state index contributed by atoms with van der Waals surface area (Å²) >= 11 is 6.16.